The molecule has 0 saturated carbocycles. The highest BCUT2D eigenvalue weighted by atomic mass is 16.5. The Balaban J connectivity index is 1.58. The number of hydrogen-bond donors (Lipinski definition) is 0. The fourth-order valence-corrected chi connectivity index (χ4v) is 3.38. The van der Waals surface area contributed by atoms with Crippen LogP contribution in [0.1, 0.15) is 48.2 Å². The van der Waals surface area contributed by atoms with Gasteiger partial charge in [-0.15, -0.1) is 0 Å². The third kappa shape index (κ3) is 3.19. The molecule has 0 amide bonds. The molecular weight excluding hydrogens is 318 g/mol. The van der Waals surface area contributed by atoms with E-state index in [1.807, 2.05) is 26.0 Å². The van der Waals surface area contributed by atoms with Gasteiger partial charge in [-0.25, -0.2) is 0 Å². The first-order chi connectivity index (χ1) is 12.2. The van der Waals surface area contributed by atoms with Gasteiger partial charge < -0.3 is 9.05 Å². The van der Waals surface area contributed by atoms with Crippen molar-refractivity contribution < 1.29 is 9.05 Å². The lowest BCUT2D eigenvalue weighted by Gasteiger charge is -2.33. The summed E-state index contributed by atoms with van der Waals surface area (Å²) in [6.07, 6.45) is 6.81. The van der Waals surface area contributed by atoms with E-state index < -0.39 is 0 Å². The maximum Gasteiger partial charge on any atom is 0.244 e. The van der Waals surface area contributed by atoms with E-state index in [0.717, 1.165) is 48.5 Å². The molecule has 1 aliphatic rings. The van der Waals surface area contributed by atoms with Crippen LogP contribution in [0.5, 0.6) is 0 Å². The minimum absolute atomic E-state index is 0.130. The maximum absolute atomic E-state index is 5.61. The number of pyridine rings is 1. The summed E-state index contributed by atoms with van der Waals surface area (Å²) in [5.41, 5.74) is 3.02. The normalized spacial score (nSPS) is 18.6. The van der Waals surface area contributed by atoms with Crippen molar-refractivity contribution in [2.45, 2.75) is 45.7 Å². The molecule has 25 heavy (non-hydrogen) atoms. The van der Waals surface area contributed by atoms with Crippen LogP contribution in [-0.4, -0.2) is 31.7 Å². The molecule has 1 atom stereocenters. The lowest BCUT2D eigenvalue weighted by Crippen LogP contribution is -2.33. The average molecular weight is 339 g/mol. The number of piperidine rings is 1. The predicted molar refractivity (Wildman–Crippen MR) is 90.5 cm³/mol. The molecular formula is C18H21N5O2. The zero-order chi connectivity index (χ0) is 17.2. The zero-order valence-electron chi connectivity index (χ0n) is 14.5. The number of aromatic nitrogens is 4. The molecule has 0 spiro atoms. The first-order valence-corrected chi connectivity index (χ1v) is 8.62. The van der Waals surface area contributed by atoms with Crippen LogP contribution >= 0.6 is 0 Å². The van der Waals surface area contributed by atoms with E-state index in [0.29, 0.717) is 11.7 Å². The van der Waals surface area contributed by atoms with Gasteiger partial charge in [0.2, 0.25) is 11.7 Å². The molecule has 0 bridgehead atoms. The van der Waals surface area contributed by atoms with Gasteiger partial charge in [0.25, 0.3) is 0 Å². The van der Waals surface area contributed by atoms with Gasteiger partial charge in [0, 0.05) is 30.1 Å². The number of nitrogens with zero attached hydrogens (tertiary/aromatic N) is 5. The van der Waals surface area contributed by atoms with Gasteiger partial charge in [-0.3, -0.25) is 9.88 Å². The van der Waals surface area contributed by atoms with Gasteiger partial charge in [0.05, 0.1) is 11.7 Å². The quantitative estimate of drug-likeness (QED) is 0.720. The number of rotatable bonds is 4. The van der Waals surface area contributed by atoms with Gasteiger partial charge in [0.1, 0.15) is 5.76 Å². The maximum atomic E-state index is 5.61. The summed E-state index contributed by atoms with van der Waals surface area (Å²) in [4.78, 5) is 11.1. The van der Waals surface area contributed by atoms with Crippen LogP contribution < -0.4 is 0 Å². The van der Waals surface area contributed by atoms with E-state index >= 15 is 0 Å². The summed E-state index contributed by atoms with van der Waals surface area (Å²) in [7, 11) is 0. The molecule has 0 radical (unpaired) electrons. The van der Waals surface area contributed by atoms with E-state index in [1.165, 1.54) is 6.42 Å². The van der Waals surface area contributed by atoms with Crippen molar-refractivity contribution >= 4 is 0 Å². The molecule has 0 aliphatic carbocycles. The number of aryl methyl sites for hydroxylation is 2. The SMILES string of the molecule is Cc1noc(C)c1CN1CCCC[C@H]1c1nc(-c2ccncc2)no1. The lowest BCUT2D eigenvalue weighted by atomic mass is 10.0. The minimum atomic E-state index is 0.130. The van der Waals surface area contributed by atoms with Crippen molar-refractivity contribution in [3.05, 3.63) is 47.4 Å². The minimum Gasteiger partial charge on any atom is -0.361 e. The number of hydrogen-bond acceptors (Lipinski definition) is 7. The van der Waals surface area contributed by atoms with Crippen molar-refractivity contribution in [3.8, 4) is 11.4 Å². The number of likely N-dealkylation sites (tertiary alicyclic amines) is 1. The van der Waals surface area contributed by atoms with Crippen molar-refractivity contribution in [2.75, 3.05) is 6.54 Å². The second-order valence-corrected chi connectivity index (χ2v) is 6.48. The Hall–Kier alpha value is -2.54. The highest BCUT2D eigenvalue weighted by molar-refractivity contribution is 5.52. The summed E-state index contributed by atoms with van der Waals surface area (Å²) in [6, 6.07) is 3.90. The van der Waals surface area contributed by atoms with Crippen molar-refractivity contribution in [3.63, 3.8) is 0 Å². The van der Waals surface area contributed by atoms with Crippen molar-refractivity contribution in [2.24, 2.45) is 0 Å². The first-order valence-electron chi connectivity index (χ1n) is 8.62. The fourth-order valence-electron chi connectivity index (χ4n) is 3.38. The predicted octanol–water partition coefficient (Wildman–Crippen LogP) is 3.46. The van der Waals surface area contributed by atoms with Gasteiger partial charge in [-0.2, -0.15) is 4.98 Å². The standard InChI is InChI=1S/C18H21N5O2/c1-12-15(13(2)24-21-12)11-23-10-4-3-5-16(23)18-20-17(22-25-18)14-6-8-19-9-7-14/h6-9,16H,3-5,10-11H2,1-2H3/t16-/m0/s1. The molecule has 7 heteroatoms. The molecule has 0 N–H and O–H groups in total. The zero-order valence-corrected chi connectivity index (χ0v) is 14.5. The lowest BCUT2D eigenvalue weighted by molar-refractivity contribution is 0.111. The van der Waals surface area contributed by atoms with E-state index in [1.54, 1.807) is 12.4 Å². The highest BCUT2D eigenvalue weighted by Gasteiger charge is 2.30. The largest absolute Gasteiger partial charge is 0.361 e. The van der Waals surface area contributed by atoms with Crippen LogP contribution in [0.2, 0.25) is 0 Å². The monoisotopic (exact) mass is 339 g/mol. The summed E-state index contributed by atoms with van der Waals surface area (Å²) < 4.78 is 10.9. The van der Waals surface area contributed by atoms with Crippen molar-refractivity contribution in [1.82, 2.24) is 25.2 Å². The Labute approximate surface area is 146 Å². The molecule has 1 fully saturated rings. The van der Waals surface area contributed by atoms with E-state index in [2.05, 4.69) is 25.2 Å². The van der Waals surface area contributed by atoms with Crippen LogP contribution in [0.3, 0.4) is 0 Å². The molecule has 130 valence electrons. The fraction of sp³-hybridized carbons (Fsp3) is 0.444. The van der Waals surface area contributed by atoms with Gasteiger partial charge >= 0.3 is 0 Å². The molecule has 4 rings (SSSR count). The van der Waals surface area contributed by atoms with Gasteiger partial charge in [-0.1, -0.05) is 16.7 Å². The molecule has 1 aliphatic heterocycles. The Morgan fingerprint density at radius 2 is 1.96 bits per heavy atom. The molecule has 1 saturated heterocycles. The third-order valence-corrected chi connectivity index (χ3v) is 4.82. The summed E-state index contributed by atoms with van der Waals surface area (Å²) >= 11 is 0. The topological polar surface area (TPSA) is 81.1 Å². The second-order valence-electron chi connectivity index (χ2n) is 6.48. The third-order valence-electron chi connectivity index (χ3n) is 4.82. The molecule has 0 aromatic carbocycles. The van der Waals surface area contributed by atoms with E-state index in [9.17, 15) is 0 Å². The smallest absolute Gasteiger partial charge is 0.244 e. The second kappa shape index (κ2) is 6.76. The summed E-state index contributed by atoms with van der Waals surface area (Å²) in [5.74, 6) is 2.17. The Bertz CT molecular complexity index is 823. The van der Waals surface area contributed by atoms with Crippen molar-refractivity contribution in [1.29, 1.82) is 0 Å². The van der Waals surface area contributed by atoms with Crippen LogP contribution in [0, 0.1) is 13.8 Å². The van der Waals surface area contributed by atoms with Gasteiger partial charge in [-0.05, 0) is 45.4 Å². The van der Waals surface area contributed by atoms with Crippen LogP contribution in [0.25, 0.3) is 11.4 Å². The first kappa shape index (κ1) is 16.0. The van der Waals surface area contributed by atoms with Crippen LogP contribution in [0.4, 0.5) is 0 Å². The van der Waals surface area contributed by atoms with E-state index in [-0.39, 0.29) is 6.04 Å². The average Bonchev–Trinajstić information content (AvgIpc) is 3.26. The molecule has 3 aromatic rings. The molecule has 3 aromatic heterocycles. The van der Waals surface area contributed by atoms with Crippen LogP contribution in [0.15, 0.2) is 33.6 Å². The Morgan fingerprint density at radius 3 is 2.72 bits per heavy atom. The molecule has 7 nitrogen and oxygen atoms in total. The van der Waals surface area contributed by atoms with Crippen LogP contribution in [-0.2, 0) is 6.54 Å². The summed E-state index contributed by atoms with van der Waals surface area (Å²) in [5, 5.41) is 8.22. The van der Waals surface area contributed by atoms with E-state index in [4.69, 9.17) is 9.05 Å². The Kier molecular flexibility index (Phi) is 4.31. The van der Waals surface area contributed by atoms with Gasteiger partial charge in [0.15, 0.2) is 0 Å². The Morgan fingerprint density at radius 1 is 1.12 bits per heavy atom. The summed E-state index contributed by atoms with van der Waals surface area (Å²) in [6.45, 7) is 5.74. The molecule has 0 unspecified atom stereocenters. The molecule has 4 heterocycles. The highest BCUT2D eigenvalue weighted by Crippen LogP contribution is 2.33.